The van der Waals surface area contributed by atoms with E-state index in [1.165, 1.54) is 36.4 Å². The Balaban J connectivity index is 1.80. The van der Waals surface area contributed by atoms with E-state index in [1.54, 1.807) is 22.7 Å². The second kappa shape index (κ2) is 7.16. The third-order valence-corrected chi connectivity index (χ3v) is 4.45. The number of nitrogens with zero attached hydrogens (tertiary/aromatic N) is 3. The number of fused-ring (bicyclic) bond motifs is 1. The summed E-state index contributed by atoms with van der Waals surface area (Å²) < 4.78 is 15.1. The molecule has 0 spiro atoms. The summed E-state index contributed by atoms with van der Waals surface area (Å²) in [4.78, 5) is 27.8. The lowest BCUT2D eigenvalue weighted by Gasteiger charge is -2.08. The number of amides is 1. The van der Waals surface area contributed by atoms with Crippen LogP contribution < -0.4 is 5.32 Å². The van der Waals surface area contributed by atoms with E-state index in [0.717, 1.165) is 5.56 Å². The van der Waals surface area contributed by atoms with E-state index in [9.17, 15) is 19.3 Å². The molecule has 1 amide bonds. The summed E-state index contributed by atoms with van der Waals surface area (Å²) in [5.41, 5.74) is 2.66. The molecule has 0 unspecified atom stereocenters. The molecule has 8 heteroatoms. The number of benzene rings is 2. The molecule has 2 aromatic carbocycles. The minimum absolute atomic E-state index is 0.145. The molecule has 7 nitrogen and oxygen atoms in total. The molecule has 29 heavy (non-hydrogen) atoms. The highest BCUT2D eigenvalue weighted by Crippen LogP contribution is 2.30. The van der Waals surface area contributed by atoms with Crippen molar-refractivity contribution in [3.05, 3.63) is 93.9 Å². The van der Waals surface area contributed by atoms with Crippen molar-refractivity contribution in [1.29, 1.82) is 0 Å². The molecule has 0 saturated heterocycles. The van der Waals surface area contributed by atoms with E-state index in [-0.39, 0.29) is 17.1 Å². The van der Waals surface area contributed by atoms with Crippen LogP contribution in [-0.4, -0.2) is 20.2 Å². The van der Waals surface area contributed by atoms with Crippen LogP contribution in [0.1, 0.15) is 15.9 Å². The fourth-order valence-corrected chi connectivity index (χ4v) is 3.02. The van der Waals surface area contributed by atoms with Crippen LogP contribution in [0.4, 0.5) is 15.9 Å². The first-order chi connectivity index (χ1) is 13.9. The number of non-ortho nitro benzene ring substituents is 1. The Morgan fingerprint density at radius 1 is 1.14 bits per heavy atom. The van der Waals surface area contributed by atoms with Crippen molar-refractivity contribution in [2.24, 2.45) is 0 Å². The number of nitro groups is 1. The van der Waals surface area contributed by atoms with Gasteiger partial charge in [-0.3, -0.25) is 19.3 Å². The van der Waals surface area contributed by atoms with E-state index in [4.69, 9.17) is 0 Å². The van der Waals surface area contributed by atoms with Gasteiger partial charge in [-0.1, -0.05) is 6.07 Å². The van der Waals surface area contributed by atoms with Crippen LogP contribution in [0.25, 0.3) is 16.9 Å². The number of nitrogens with one attached hydrogen (secondary N) is 1. The molecule has 0 aliphatic heterocycles. The Morgan fingerprint density at radius 3 is 2.62 bits per heavy atom. The van der Waals surface area contributed by atoms with Crippen LogP contribution in [0.5, 0.6) is 0 Å². The number of hydrogen-bond donors (Lipinski definition) is 1. The molecule has 0 aliphatic carbocycles. The predicted octanol–water partition coefficient (Wildman–Crippen LogP) is 4.61. The SMILES string of the molecule is Cc1ccn2c(NC(=O)c3cccc([N+](=O)[O-])c3)c(-c3ccc(F)cc3)nc2c1. The summed E-state index contributed by atoms with van der Waals surface area (Å²) >= 11 is 0. The van der Waals surface area contributed by atoms with Gasteiger partial charge >= 0.3 is 0 Å². The molecular formula is C21H15FN4O3. The largest absolute Gasteiger partial charge is 0.306 e. The predicted molar refractivity (Wildman–Crippen MR) is 106 cm³/mol. The topological polar surface area (TPSA) is 89.5 Å². The molecule has 4 aromatic rings. The maximum Gasteiger partial charge on any atom is 0.270 e. The number of nitro benzene ring substituents is 1. The molecule has 2 aromatic heterocycles. The minimum atomic E-state index is -0.558. The lowest BCUT2D eigenvalue weighted by molar-refractivity contribution is -0.384. The summed E-state index contributed by atoms with van der Waals surface area (Å²) in [5.74, 6) is -0.502. The number of halogens is 1. The van der Waals surface area contributed by atoms with Gasteiger partial charge in [-0.15, -0.1) is 0 Å². The van der Waals surface area contributed by atoms with Crippen LogP contribution >= 0.6 is 0 Å². The van der Waals surface area contributed by atoms with Crippen LogP contribution in [0.15, 0.2) is 66.9 Å². The lowest BCUT2D eigenvalue weighted by Crippen LogP contribution is -2.14. The Hall–Kier alpha value is -4.07. The highest BCUT2D eigenvalue weighted by Gasteiger charge is 2.19. The van der Waals surface area contributed by atoms with Crippen LogP contribution in [-0.2, 0) is 0 Å². The number of carbonyl (C=O) groups is 1. The fraction of sp³-hybridized carbons (Fsp3) is 0.0476. The zero-order chi connectivity index (χ0) is 20.5. The number of hydrogen-bond acceptors (Lipinski definition) is 4. The summed E-state index contributed by atoms with van der Waals surface area (Å²) in [6.07, 6.45) is 1.77. The van der Waals surface area contributed by atoms with Gasteiger partial charge in [-0.25, -0.2) is 9.37 Å². The van der Waals surface area contributed by atoms with Crippen molar-refractivity contribution in [3.8, 4) is 11.3 Å². The lowest BCUT2D eigenvalue weighted by atomic mass is 10.1. The summed E-state index contributed by atoms with van der Waals surface area (Å²) in [6, 6.07) is 15.0. The average Bonchev–Trinajstić information content (AvgIpc) is 3.06. The molecule has 4 rings (SSSR count). The molecule has 144 valence electrons. The quantitative estimate of drug-likeness (QED) is 0.407. The monoisotopic (exact) mass is 390 g/mol. The third-order valence-electron chi connectivity index (χ3n) is 4.45. The third kappa shape index (κ3) is 3.55. The van der Waals surface area contributed by atoms with Crippen molar-refractivity contribution in [1.82, 2.24) is 9.38 Å². The summed E-state index contributed by atoms with van der Waals surface area (Å²) in [7, 11) is 0. The second-order valence-electron chi connectivity index (χ2n) is 6.51. The maximum atomic E-state index is 13.3. The first-order valence-corrected chi connectivity index (χ1v) is 8.73. The zero-order valence-corrected chi connectivity index (χ0v) is 15.3. The number of imidazole rings is 1. The van der Waals surface area contributed by atoms with E-state index >= 15 is 0 Å². The van der Waals surface area contributed by atoms with E-state index in [1.807, 2.05) is 19.1 Å². The van der Waals surface area contributed by atoms with Crippen LogP contribution in [0.3, 0.4) is 0 Å². The van der Waals surface area contributed by atoms with Gasteiger partial charge in [0.25, 0.3) is 11.6 Å². The molecular weight excluding hydrogens is 375 g/mol. The van der Waals surface area contributed by atoms with Gasteiger partial charge in [-0.2, -0.15) is 0 Å². The Bertz CT molecular complexity index is 1250. The molecule has 0 saturated carbocycles. The smallest absolute Gasteiger partial charge is 0.270 e. The van der Waals surface area contributed by atoms with Gasteiger partial charge in [-0.05, 0) is 55.0 Å². The Labute approximate surface area is 164 Å². The standard InChI is InChI=1S/C21H15FN4O3/c1-13-9-10-25-18(11-13)23-19(14-5-7-16(22)8-6-14)20(25)24-21(27)15-3-2-4-17(12-15)26(28)29/h2-12H,1H3,(H,24,27). The van der Waals surface area contributed by atoms with Crippen molar-refractivity contribution in [3.63, 3.8) is 0 Å². The Morgan fingerprint density at radius 2 is 1.90 bits per heavy atom. The molecule has 0 atom stereocenters. The van der Waals surface area contributed by atoms with Crippen LogP contribution in [0, 0.1) is 22.9 Å². The van der Waals surface area contributed by atoms with Crippen molar-refractivity contribution in [2.45, 2.75) is 6.92 Å². The fourth-order valence-electron chi connectivity index (χ4n) is 3.02. The number of pyridine rings is 1. The van der Waals surface area contributed by atoms with Gasteiger partial charge in [0, 0.05) is 29.5 Å². The van der Waals surface area contributed by atoms with Gasteiger partial charge in [0.15, 0.2) is 0 Å². The number of aromatic nitrogens is 2. The van der Waals surface area contributed by atoms with E-state index in [0.29, 0.717) is 22.7 Å². The van der Waals surface area contributed by atoms with Gasteiger partial charge in [0.2, 0.25) is 0 Å². The molecule has 0 radical (unpaired) electrons. The first-order valence-electron chi connectivity index (χ1n) is 8.73. The van der Waals surface area contributed by atoms with E-state index in [2.05, 4.69) is 10.3 Å². The molecule has 0 bridgehead atoms. The van der Waals surface area contributed by atoms with Gasteiger partial charge in [0.1, 0.15) is 23.0 Å². The van der Waals surface area contributed by atoms with Crippen LogP contribution in [0.2, 0.25) is 0 Å². The number of rotatable bonds is 4. The molecule has 0 aliphatic rings. The molecule has 2 heterocycles. The average molecular weight is 390 g/mol. The van der Waals surface area contributed by atoms with Gasteiger partial charge < -0.3 is 5.32 Å². The zero-order valence-electron chi connectivity index (χ0n) is 15.3. The minimum Gasteiger partial charge on any atom is -0.306 e. The highest BCUT2D eigenvalue weighted by molar-refractivity contribution is 6.06. The summed E-state index contributed by atoms with van der Waals surface area (Å²) in [6.45, 7) is 1.92. The molecule has 1 N–H and O–H groups in total. The van der Waals surface area contributed by atoms with Crippen molar-refractivity contribution >= 4 is 23.1 Å². The summed E-state index contributed by atoms with van der Waals surface area (Å²) in [5, 5.41) is 13.8. The Kier molecular flexibility index (Phi) is 4.52. The number of carbonyl (C=O) groups excluding carboxylic acids is 1. The van der Waals surface area contributed by atoms with Gasteiger partial charge in [0.05, 0.1) is 4.92 Å². The molecule has 0 fully saturated rings. The van der Waals surface area contributed by atoms with Crippen molar-refractivity contribution < 1.29 is 14.1 Å². The number of aryl methyl sites for hydroxylation is 1. The number of anilines is 1. The first kappa shape index (κ1) is 18.3. The second-order valence-corrected chi connectivity index (χ2v) is 6.51. The normalized spacial score (nSPS) is 10.8. The maximum absolute atomic E-state index is 13.3. The highest BCUT2D eigenvalue weighted by atomic mass is 19.1. The van der Waals surface area contributed by atoms with Crippen molar-refractivity contribution in [2.75, 3.05) is 5.32 Å². The van der Waals surface area contributed by atoms with E-state index < -0.39 is 10.8 Å².